The van der Waals surface area contributed by atoms with E-state index >= 15 is 0 Å². The first-order chi connectivity index (χ1) is 13.2. The topological polar surface area (TPSA) is 61.9 Å². The molecule has 1 saturated heterocycles. The number of hydrogen-bond acceptors (Lipinski definition) is 4. The second-order valence-electron chi connectivity index (χ2n) is 7.18. The molecule has 0 radical (unpaired) electrons. The van der Waals surface area contributed by atoms with Gasteiger partial charge in [0.1, 0.15) is 5.82 Å². The van der Waals surface area contributed by atoms with Gasteiger partial charge in [0.2, 0.25) is 0 Å². The first-order valence-electron chi connectivity index (χ1n) is 9.37. The van der Waals surface area contributed by atoms with Crippen LogP contribution >= 0.6 is 0 Å². The van der Waals surface area contributed by atoms with Crippen molar-refractivity contribution < 1.29 is 0 Å². The van der Waals surface area contributed by atoms with Crippen LogP contribution in [0.4, 0.5) is 5.69 Å². The Morgan fingerprint density at radius 2 is 1.81 bits per heavy atom. The number of aryl methyl sites for hydroxylation is 1. The highest BCUT2D eigenvalue weighted by Crippen LogP contribution is 2.24. The second kappa shape index (κ2) is 7.24. The average Bonchev–Trinajstić information content (AvgIpc) is 2.72. The van der Waals surface area contributed by atoms with E-state index in [4.69, 9.17) is 5.26 Å². The van der Waals surface area contributed by atoms with Crippen LogP contribution in [0.3, 0.4) is 0 Å². The largest absolute Gasteiger partial charge is 0.372 e. The van der Waals surface area contributed by atoms with E-state index in [-0.39, 0.29) is 5.56 Å². The Kier molecular flexibility index (Phi) is 4.64. The Labute approximate surface area is 158 Å². The first-order valence-corrected chi connectivity index (χ1v) is 9.37. The predicted molar refractivity (Wildman–Crippen MR) is 107 cm³/mol. The summed E-state index contributed by atoms with van der Waals surface area (Å²) in [6.07, 6.45) is 2.08. The molecule has 136 valence electrons. The highest BCUT2D eigenvalue weighted by atomic mass is 16.1. The van der Waals surface area contributed by atoms with Crippen molar-refractivity contribution in [1.29, 1.82) is 5.26 Å². The van der Waals surface area contributed by atoms with Crippen molar-refractivity contribution in [2.24, 2.45) is 5.92 Å². The van der Waals surface area contributed by atoms with Crippen LogP contribution < -0.4 is 10.5 Å². The van der Waals surface area contributed by atoms with Gasteiger partial charge < -0.3 is 4.90 Å². The summed E-state index contributed by atoms with van der Waals surface area (Å²) in [5.41, 5.74) is 2.68. The Hall–Kier alpha value is -3.13. The number of fused-ring (bicyclic) bond motifs is 1. The Morgan fingerprint density at radius 1 is 1.11 bits per heavy atom. The van der Waals surface area contributed by atoms with Crippen molar-refractivity contribution in [2.45, 2.75) is 26.3 Å². The second-order valence-corrected chi connectivity index (χ2v) is 7.18. The lowest BCUT2D eigenvalue weighted by atomic mass is 9.96. The number of anilines is 1. The number of para-hydroxylation sites is 1. The Bertz CT molecular complexity index is 1050. The monoisotopic (exact) mass is 358 g/mol. The molecule has 1 aliphatic heterocycles. The van der Waals surface area contributed by atoms with E-state index in [1.54, 1.807) is 0 Å². The van der Waals surface area contributed by atoms with Gasteiger partial charge in [-0.1, -0.05) is 12.1 Å². The lowest BCUT2D eigenvalue weighted by Gasteiger charge is -2.34. The number of piperidine rings is 1. The van der Waals surface area contributed by atoms with Gasteiger partial charge in [0.15, 0.2) is 0 Å². The van der Waals surface area contributed by atoms with Gasteiger partial charge in [0.05, 0.1) is 22.5 Å². The van der Waals surface area contributed by atoms with Crippen molar-refractivity contribution >= 4 is 16.6 Å². The molecule has 5 nitrogen and oxygen atoms in total. The van der Waals surface area contributed by atoms with Gasteiger partial charge in [-0.05, 0) is 62.1 Å². The van der Waals surface area contributed by atoms with Gasteiger partial charge in [-0.25, -0.2) is 4.98 Å². The maximum Gasteiger partial charge on any atom is 0.261 e. The van der Waals surface area contributed by atoms with Gasteiger partial charge in [-0.2, -0.15) is 5.26 Å². The lowest BCUT2D eigenvalue weighted by Crippen LogP contribution is -2.37. The molecule has 0 aliphatic carbocycles. The molecule has 0 bridgehead atoms. The standard InChI is InChI=1S/C22H22N4O/c1-16-24-21-5-3-2-4-20(21)22(27)26(16)15-18-10-12-25(13-11-18)19-8-6-17(14-23)7-9-19/h2-9,18H,10-13,15H2,1H3. The molecule has 0 amide bonds. The summed E-state index contributed by atoms with van der Waals surface area (Å²) < 4.78 is 1.84. The molecule has 27 heavy (non-hydrogen) atoms. The molecule has 5 heteroatoms. The van der Waals surface area contributed by atoms with Crippen LogP contribution in [0.5, 0.6) is 0 Å². The SMILES string of the molecule is Cc1nc2ccccc2c(=O)n1CC1CCN(c2ccc(C#N)cc2)CC1. The van der Waals surface area contributed by atoms with Crippen LogP contribution in [0.2, 0.25) is 0 Å². The number of benzene rings is 2. The van der Waals surface area contributed by atoms with Crippen LogP contribution in [0.25, 0.3) is 10.9 Å². The van der Waals surface area contributed by atoms with Crippen molar-refractivity contribution in [2.75, 3.05) is 18.0 Å². The molecule has 0 unspecified atom stereocenters. The zero-order valence-corrected chi connectivity index (χ0v) is 15.4. The predicted octanol–water partition coefficient (Wildman–Crippen LogP) is 3.49. The van der Waals surface area contributed by atoms with Crippen molar-refractivity contribution in [3.05, 3.63) is 70.3 Å². The molecule has 2 heterocycles. The van der Waals surface area contributed by atoms with E-state index in [2.05, 4.69) is 16.0 Å². The van der Waals surface area contributed by atoms with Gasteiger partial charge >= 0.3 is 0 Å². The molecular formula is C22H22N4O. The molecule has 0 saturated carbocycles. The van der Waals surface area contributed by atoms with Crippen molar-refractivity contribution in [3.63, 3.8) is 0 Å². The fourth-order valence-electron chi connectivity index (χ4n) is 3.87. The van der Waals surface area contributed by atoms with E-state index in [0.717, 1.165) is 49.5 Å². The normalized spacial score (nSPS) is 15.0. The third-order valence-electron chi connectivity index (χ3n) is 5.47. The lowest BCUT2D eigenvalue weighted by molar-refractivity contribution is 0.349. The van der Waals surface area contributed by atoms with Gasteiger partial charge in [-0.3, -0.25) is 9.36 Å². The van der Waals surface area contributed by atoms with E-state index in [0.29, 0.717) is 16.9 Å². The Morgan fingerprint density at radius 3 is 2.52 bits per heavy atom. The minimum absolute atomic E-state index is 0.0626. The summed E-state index contributed by atoms with van der Waals surface area (Å²) in [5, 5.41) is 9.62. The van der Waals surface area contributed by atoms with Crippen molar-refractivity contribution in [3.8, 4) is 6.07 Å². The number of rotatable bonds is 3. The summed E-state index contributed by atoms with van der Waals surface area (Å²) >= 11 is 0. The summed E-state index contributed by atoms with van der Waals surface area (Å²) in [6.45, 7) is 4.57. The summed E-state index contributed by atoms with van der Waals surface area (Å²) in [7, 11) is 0. The maximum absolute atomic E-state index is 12.9. The van der Waals surface area contributed by atoms with Crippen LogP contribution in [0.15, 0.2) is 53.3 Å². The molecule has 4 rings (SSSR count). The van der Waals surface area contributed by atoms with Gasteiger partial charge in [0.25, 0.3) is 5.56 Å². The molecule has 3 aromatic rings. The smallest absolute Gasteiger partial charge is 0.261 e. The fraction of sp³-hybridized carbons (Fsp3) is 0.318. The minimum Gasteiger partial charge on any atom is -0.372 e. The quantitative estimate of drug-likeness (QED) is 0.719. The van der Waals surface area contributed by atoms with Crippen LogP contribution in [-0.4, -0.2) is 22.6 Å². The highest BCUT2D eigenvalue weighted by Gasteiger charge is 2.21. The third kappa shape index (κ3) is 3.43. The molecule has 2 aromatic carbocycles. The zero-order chi connectivity index (χ0) is 18.8. The van der Waals surface area contributed by atoms with E-state index in [1.807, 2.05) is 60.0 Å². The fourth-order valence-corrected chi connectivity index (χ4v) is 3.87. The summed E-state index contributed by atoms with van der Waals surface area (Å²) in [4.78, 5) is 19.8. The Balaban J connectivity index is 1.47. The minimum atomic E-state index is 0.0626. The number of nitrogens with zero attached hydrogens (tertiary/aromatic N) is 4. The molecule has 0 spiro atoms. The van der Waals surface area contributed by atoms with Gasteiger partial charge in [-0.15, -0.1) is 0 Å². The number of aromatic nitrogens is 2. The van der Waals surface area contributed by atoms with E-state index in [1.165, 1.54) is 0 Å². The highest BCUT2D eigenvalue weighted by molar-refractivity contribution is 5.77. The van der Waals surface area contributed by atoms with Crippen molar-refractivity contribution in [1.82, 2.24) is 9.55 Å². The van der Waals surface area contributed by atoms with Gasteiger partial charge in [0, 0.05) is 25.3 Å². The van der Waals surface area contributed by atoms with Crippen LogP contribution in [0.1, 0.15) is 24.2 Å². The van der Waals surface area contributed by atoms with Crippen LogP contribution in [-0.2, 0) is 6.54 Å². The van der Waals surface area contributed by atoms with Crippen LogP contribution in [0, 0.1) is 24.2 Å². The summed E-state index contributed by atoms with van der Waals surface area (Å²) in [6, 6.07) is 17.5. The van der Waals surface area contributed by atoms with E-state index < -0.39 is 0 Å². The third-order valence-corrected chi connectivity index (χ3v) is 5.47. The average molecular weight is 358 g/mol. The molecule has 1 aromatic heterocycles. The molecule has 1 fully saturated rings. The number of nitriles is 1. The number of hydrogen-bond donors (Lipinski definition) is 0. The summed E-state index contributed by atoms with van der Waals surface area (Å²) in [5.74, 6) is 1.26. The molecule has 0 atom stereocenters. The van der Waals surface area contributed by atoms with E-state index in [9.17, 15) is 4.79 Å². The molecular weight excluding hydrogens is 336 g/mol. The molecule has 0 N–H and O–H groups in total. The maximum atomic E-state index is 12.9. The first kappa shape index (κ1) is 17.3. The zero-order valence-electron chi connectivity index (χ0n) is 15.4. The molecule has 1 aliphatic rings.